The number of hydrogen-bond acceptors (Lipinski definition) is 4. The number of allylic oxidation sites excluding steroid dienone is 1. The first kappa shape index (κ1) is 22.2. The van der Waals surface area contributed by atoms with Crippen molar-refractivity contribution in [2.45, 2.75) is 65.0 Å². The highest BCUT2D eigenvalue weighted by Gasteiger charge is 2.37. The second-order valence-electron chi connectivity index (χ2n) is 8.44. The molecule has 0 aliphatic heterocycles. The van der Waals surface area contributed by atoms with E-state index in [2.05, 4.69) is 33.9 Å². The monoisotopic (exact) mass is 400 g/mol. The van der Waals surface area contributed by atoms with Gasteiger partial charge in [0.15, 0.2) is 8.32 Å². The first-order valence-corrected chi connectivity index (χ1v) is 12.7. The van der Waals surface area contributed by atoms with E-state index in [1.807, 2.05) is 54.6 Å². The van der Waals surface area contributed by atoms with Crippen molar-refractivity contribution in [2.24, 2.45) is 0 Å². The van der Waals surface area contributed by atoms with E-state index in [9.17, 15) is 4.79 Å². The molecule has 1 aromatic heterocycles. The molecule has 0 amide bonds. The molecule has 5 heteroatoms. The van der Waals surface area contributed by atoms with Gasteiger partial charge in [-0.3, -0.25) is 4.79 Å². The predicted molar refractivity (Wildman–Crippen MR) is 115 cm³/mol. The van der Waals surface area contributed by atoms with Crippen molar-refractivity contribution in [2.75, 3.05) is 0 Å². The molecule has 2 aromatic rings. The van der Waals surface area contributed by atoms with Gasteiger partial charge in [-0.05, 0) is 48.3 Å². The Morgan fingerprint density at radius 2 is 1.79 bits per heavy atom. The summed E-state index contributed by atoms with van der Waals surface area (Å²) in [4.78, 5) is 11.8. The maximum atomic E-state index is 11.8. The van der Waals surface area contributed by atoms with Gasteiger partial charge in [0.2, 0.25) is 0 Å². The molecule has 152 valence electrons. The molecule has 0 aliphatic carbocycles. The van der Waals surface area contributed by atoms with Crippen LogP contribution in [-0.4, -0.2) is 14.3 Å². The van der Waals surface area contributed by atoms with Crippen LogP contribution in [0.4, 0.5) is 0 Å². The van der Waals surface area contributed by atoms with Crippen LogP contribution in [0.2, 0.25) is 18.1 Å². The summed E-state index contributed by atoms with van der Waals surface area (Å²) in [7, 11) is -1.78. The Morgan fingerprint density at radius 3 is 2.46 bits per heavy atom. The quantitative estimate of drug-likeness (QED) is 0.364. The van der Waals surface area contributed by atoms with E-state index in [4.69, 9.17) is 13.6 Å². The van der Waals surface area contributed by atoms with Crippen LogP contribution in [-0.2, 0) is 27.2 Å². The molecule has 0 aliphatic rings. The smallest absolute Gasteiger partial charge is 0.306 e. The third-order valence-electron chi connectivity index (χ3n) is 5.10. The summed E-state index contributed by atoms with van der Waals surface area (Å²) in [5.74, 6) is 1.40. The molecule has 2 rings (SSSR count). The zero-order valence-electron chi connectivity index (χ0n) is 17.7. The molecule has 4 nitrogen and oxygen atoms in total. The third kappa shape index (κ3) is 7.13. The molecule has 0 unspecified atom stereocenters. The summed E-state index contributed by atoms with van der Waals surface area (Å²) in [6.45, 7) is 11.9. The van der Waals surface area contributed by atoms with E-state index in [0.717, 1.165) is 17.1 Å². The Kier molecular flexibility index (Phi) is 7.84. The summed E-state index contributed by atoms with van der Waals surface area (Å²) in [5, 5.41) is 0.178. The Labute approximate surface area is 169 Å². The molecule has 0 saturated carbocycles. The molecule has 1 heterocycles. The standard InChI is InChI=1S/C23H32O4Si/c1-23(2,3)28(4,5)26-18-21-16-15-20(27-21)13-9-10-14-22(24)25-17-19-11-7-6-8-12-19/h6-9,11-13,15-16H,10,14,17-18H2,1-5H3. The fraction of sp³-hybridized carbons (Fsp3) is 0.435. The lowest BCUT2D eigenvalue weighted by molar-refractivity contribution is -0.144. The van der Waals surface area contributed by atoms with E-state index in [1.165, 1.54) is 0 Å². The zero-order chi connectivity index (χ0) is 20.6. The molecule has 0 saturated heterocycles. The lowest BCUT2D eigenvalue weighted by Gasteiger charge is -2.35. The molecular weight excluding hydrogens is 368 g/mol. The fourth-order valence-corrected chi connectivity index (χ4v) is 3.18. The summed E-state index contributed by atoms with van der Waals surface area (Å²) < 4.78 is 17.2. The predicted octanol–water partition coefficient (Wildman–Crippen LogP) is 6.34. The van der Waals surface area contributed by atoms with Crippen LogP contribution in [0.5, 0.6) is 0 Å². The zero-order valence-corrected chi connectivity index (χ0v) is 18.7. The van der Waals surface area contributed by atoms with E-state index in [-0.39, 0.29) is 11.0 Å². The van der Waals surface area contributed by atoms with E-state index >= 15 is 0 Å². The van der Waals surface area contributed by atoms with E-state index in [0.29, 0.717) is 26.1 Å². The molecule has 0 fully saturated rings. The van der Waals surface area contributed by atoms with Crippen LogP contribution in [0, 0.1) is 0 Å². The number of carbonyl (C=O) groups is 1. The van der Waals surface area contributed by atoms with Crippen LogP contribution in [0.25, 0.3) is 6.08 Å². The summed E-state index contributed by atoms with van der Waals surface area (Å²) in [5.41, 5.74) is 0.995. The van der Waals surface area contributed by atoms with Gasteiger partial charge in [0.05, 0.1) is 6.61 Å². The number of hydrogen-bond donors (Lipinski definition) is 0. The van der Waals surface area contributed by atoms with Crippen molar-refractivity contribution in [1.82, 2.24) is 0 Å². The maximum absolute atomic E-state index is 11.8. The van der Waals surface area contributed by atoms with Gasteiger partial charge in [-0.25, -0.2) is 0 Å². The highest BCUT2D eigenvalue weighted by molar-refractivity contribution is 6.74. The van der Waals surface area contributed by atoms with Crippen molar-refractivity contribution in [3.8, 4) is 0 Å². The average molecular weight is 401 g/mol. The Bertz CT molecular complexity index is 769. The van der Waals surface area contributed by atoms with Gasteiger partial charge in [-0.2, -0.15) is 0 Å². The largest absolute Gasteiger partial charge is 0.461 e. The van der Waals surface area contributed by atoms with Gasteiger partial charge in [-0.15, -0.1) is 0 Å². The number of benzene rings is 1. The Balaban J connectivity index is 1.71. The van der Waals surface area contributed by atoms with Crippen molar-refractivity contribution in [3.05, 3.63) is 65.6 Å². The molecule has 0 spiro atoms. The first-order valence-electron chi connectivity index (χ1n) is 9.76. The lowest BCUT2D eigenvalue weighted by atomic mass is 10.2. The molecule has 0 bridgehead atoms. The normalized spacial score (nSPS) is 12.5. The maximum Gasteiger partial charge on any atom is 0.306 e. The van der Waals surface area contributed by atoms with Gasteiger partial charge >= 0.3 is 5.97 Å². The minimum Gasteiger partial charge on any atom is -0.461 e. The Hall–Kier alpha value is -2.11. The molecule has 0 N–H and O–H groups in total. The van der Waals surface area contributed by atoms with Crippen LogP contribution >= 0.6 is 0 Å². The van der Waals surface area contributed by atoms with E-state index in [1.54, 1.807) is 0 Å². The lowest BCUT2D eigenvalue weighted by Crippen LogP contribution is -2.40. The summed E-state index contributed by atoms with van der Waals surface area (Å²) in [6, 6.07) is 13.6. The molecule has 0 radical (unpaired) electrons. The van der Waals surface area contributed by atoms with Crippen LogP contribution in [0.1, 0.15) is 50.7 Å². The van der Waals surface area contributed by atoms with Crippen LogP contribution < -0.4 is 0 Å². The number of furan rings is 1. The van der Waals surface area contributed by atoms with Crippen molar-refractivity contribution in [1.29, 1.82) is 0 Å². The van der Waals surface area contributed by atoms with Crippen molar-refractivity contribution >= 4 is 20.4 Å². The molecular formula is C23H32O4Si. The van der Waals surface area contributed by atoms with Crippen LogP contribution in [0.3, 0.4) is 0 Å². The second kappa shape index (κ2) is 9.89. The molecule has 0 atom stereocenters. The van der Waals surface area contributed by atoms with Gasteiger partial charge < -0.3 is 13.6 Å². The topological polar surface area (TPSA) is 48.7 Å². The minimum absolute atomic E-state index is 0.178. The highest BCUT2D eigenvalue weighted by Crippen LogP contribution is 2.37. The van der Waals surface area contributed by atoms with Gasteiger partial charge in [-0.1, -0.05) is 57.2 Å². The highest BCUT2D eigenvalue weighted by atomic mass is 28.4. The van der Waals surface area contributed by atoms with Crippen molar-refractivity contribution < 1.29 is 18.4 Å². The Morgan fingerprint density at radius 1 is 1.07 bits per heavy atom. The number of esters is 1. The summed E-state index contributed by atoms with van der Waals surface area (Å²) >= 11 is 0. The number of carbonyl (C=O) groups excluding carboxylic acids is 1. The SMILES string of the molecule is CC(C)(C)[Si](C)(C)OCc1ccc(C=CCCC(=O)OCc2ccccc2)o1. The fourth-order valence-electron chi connectivity index (χ4n) is 2.24. The average Bonchev–Trinajstić information content (AvgIpc) is 3.10. The van der Waals surface area contributed by atoms with Crippen molar-refractivity contribution in [3.63, 3.8) is 0 Å². The van der Waals surface area contributed by atoms with Gasteiger partial charge in [0.1, 0.15) is 18.1 Å². The van der Waals surface area contributed by atoms with Gasteiger partial charge in [0, 0.05) is 6.42 Å². The van der Waals surface area contributed by atoms with Crippen LogP contribution in [0.15, 0.2) is 53.0 Å². The first-order chi connectivity index (χ1) is 13.2. The number of rotatable bonds is 9. The van der Waals surface area contributed by atoms with Gasteiger partial charge in [0.25, 0.3) is 0 Å². The second-order valence-corrected chi connectivity index (χ2v) is 13.2. The minimum atomic E-state index is -1.78. The van der Waals surface area contributed by atoms with E-state index < -0.39 is 8.32 Å². The third-order valence-corrected chi connectivity index (χ3v) is 9.58. The number of ether oxygens (including phenoxy) is 1. The summed E-state index contributed by atoms with van der Waals surface area (Å²) in [6.07, 6.45) is 4.79. The molecule has 28 heavy (non-hydrogen) atoms. The molecule has 1 aromatic carbocycles.